The first-order chi connectivity index (χ1) is 12.7. The number of phenolic OH excluding ortho intramolecular Hbond substituents is 1. The van der Waals surface area contributed by atoms with Crippen molar-refractivity contribution >= 4 is 17.4 Å². The molecule has 1 aliphatic carbocycles. The number of anilines is 1. The zero-order valence-corrected chi connectivity index (χ0v) is 14.4. The lowest BCUT2D eigenvalue weighted by atomic mass is 9.89. The summed E-state index contributed by atoms with van der Waals surface area (Å²) in [6, 6.07) is 10.5. The normalized spacial score (nSPS) is 15.2. The highest BCUT2D eigenvalue weighted by molar-refractivity contribution is 5.91. The highest BCUT2D eigenvalue weighted by Gasteiger charge is 2.21. The van der Waals surface area contributed by atoms with Crippen molar-refractivity contribution < 1.29 is 9.90 Å². The predicted molar refractivity (Wildman–Crippen MR) is 96.9 cm³/mol. The molecule has 1 fully saturated rings. The third-order valence-electron chi connectivity index (χ3n) is 4.85. The summed E-state index contributed by atoms with van der Waals surface area (Å²) < 4.78 is 1.66. The molecule has 7 nitrogen and oxygen atoms in total. The summed E-state index contributed by atoms with van der Waals surface area (Å²) >= 11 is 0. The standard InChI is InChI=1S/C19H21N5O2/c25-15-8-6-13(7-9-15)12-18-22-21-17-11-10-16(23-24(17)18)20-19(26)14-4-2-1-3-5-14/h6-11,14,25H,1-5,12H2,(H,20,23,26). The van der Waals surface area contributed by atoms with E-state index in [0.29, 0.717) is 23.7 Å². The molecular weight excluding hydrogens is 330 g/mol. The number of hydrogen-bond acceptors (Lipinski definition) is 5. The third kappa shape index (κ3) is 3.51. The van der Waals surface area contributed by atoms with E-state index in [0.717, 1.165) is 31.2 Å². The van der Waals surface area contributed by atoms with E-state index in [1.54, 1.807) is 28.8 Å². The minimum absolute atomic E-state index is 0.0460. The Morgan fingerprint density at radius 3 is 2.62 bits per heavy atom. The van der Waals surface area contributed by atoms with E-state index in [1.165, 1.54) is 6.42 Å². The van der Waals surface area contributed by atoms with Crippen molar-refractivity contribution in [1.82, 2.24) is 19.8 Å². The quantitative estimate of drug-likeness (QED) is 0.754. The minimum Gasteiger partial charge on any atom is -0.508 e. The highest BCUT2D eigenvalue weighted by atomic mass is 16.3. The number of hydrogen-bond donors (Lipinski definition) is 2. The predicted octanol–water partition coefficient (Wildman–Crippen LogP) is 2.94. The number of rotatable bonds is 4. The molecule has 7 heteroatoms. The Morgan fingerprint density at radius 1 is 1.08 bits per heavy atom. The number of carbonyl (C=O) groups is 1. The van der Waals surface area contributed by atoms with Crippen LogP contribution >= 0.6 is 0 Å². The van der Waals surface area contributed by atoms with Crippen molar-refractivity contribution in [3.05, 3.63) is 47.8 Å². The van der Waals surface area contributed by atoms with Crippen molar-refractivity contribution in [3.8, 4) is 5.75 Å². The highest BCUT2D eigenvalue weighted by Crippen LogP contribution is 2.24. The molecule has 4 rings (SSSR count). The molecule has 0 atom stereocenters. The molecule has 2 aromatic heterocycles. The summed E-state index contributed by atoms with van der Waals surface area (Å²) in [5.41, 5.74) is 1.63. The minimum atomic E-state index is 0.0460. The lowest BCUT2D eigenvalue weighted by Crippen LogP contribution is -2.25. The first kappa shape index (κ1) is 16.5. The lowest BCUT2D eigenvalue weighted by Gasteiger charge is -2.20. The molecule has 1 aromatic carbocycles. The Hall–Kier alpha value is -2.96. The van der Waals surface area contributed by atoms with Crippen molar-refractivity contribution in [2.24, 2.45) is 5.92 Å². The number of phenols is 1. The van der Waals surface area contributed by atoms with E-state index in [2.05, 4.69) is 20.6 Å². The van der Waals surface area contributed by atoms with Crippen LogP contribution in [-0.4, -0.2) is 30.8 Å². The summed E-state index contributed by atoms with van der Waals surface area (Å²) in [7, 11) is 0. The number of amides is 1. The summed E-state index contributed by atoms with van der Waals surface area (Å²) in [5, 5.41) is 25.2. The van der Waals surface area contributed by atoms with Crippen molar-refractivity contribution in [1.29, 1.82) is 0 Å². The molecular formula is C19H21N5O2. The Labute approximate surface area is 151 Å². The number of nitrogens with zero attached hydrogens (tertiary/aromatic N) is 4. The van der Waals surface area contributed by atoms with E-state index >= 15 is 0 Å². The first-order valence-electron chi connectivity index (χ1n) is 8.99. The van der Waals surface area contributed by atoms with E-state index in [4.69, 9.17) is 0 Å². The maximum atomic E-state index is 12.4. The van der Waals surface area contributed by atoms with Crippen LogP contribution in [0, 0.1) is 5.92 Å². The van der Waals surface area contributed by atoms with Gasteiger partial charge in [0.05, 0.1) is 0 Å². The Kier molecular flexibility index (Phi) is 4.51. The second-order valence-corrected chi connectivity index (χ2v) is 6.77. The topological polar surface area (TPSA) is 92.4 Å². The average molecular weight is 351 g/mol. The van der Waals surface area contributed by atoms with Gasteiger partial charge in [-0.2, -0.15) is 4.52 Å². The first-order valence-corrected chi connectivity index (χ1v) is 8.99. The lowest BCUT2D eigenvalue weighted by molar-refractivity contribution is -0.120. The molecule has 0 unspecified atom stereocenters. The van der Waals surface area contributed by atoms with Gasteiger partial charge in [-0.05, 0) is 42.7 Å². The largest absolute Gasteiger partial charge is 0.508 e. The van der Waals surface area contributed by atoms with Crippen LogP contribution in [0.2, 0.25) is 0 Å². The fourth-order valence-corrected chi connectivity index (χ4v) is 3.40. The molecule has 3 aromatic rings. The van der Waals surface area contributed by atoms with Gasteiger partial charge in [-0.3, -0.25) is 4.79 Å². The smallest absolute Gasteiger partial charge is 0.228 e. The summed E-state index contributed by atoms with van der Waals surface area (Å²) in [6.07, 6.45) is 5.89. The third-order valence-corrected chi connectivity index (χ3v) is 4.85. The van der Waals surface area contributed by atoms with Crippen LogP contribution in [0.5, 0.6) is 5.75 Å². The van der Waals surface area contributed by atoms with Crippen LogP contribution in [0.25, 0.3) is 5.65 Å². The zero-order valence-electron chi connectivity index (χ0n) is 14.4. The van der Waals surface area contributed by atoms with Crippen LogP contribution < -0.4 is 5.32 Å². The van der Waals surface area contributed by atoms with E-state index in [-0.39, 0.29) is 17.6 Å². The van der Waals surface area contributed by atoms with Gasteiger partial charge in [-0.1, -0.05) is 31.4 Å². The molecule has 0 radical (unpaired) electrons. The monoisotopic (exact) mass is 351 g/mol. The number of nitrogens with one attached hydrogen (secondary N) is 1. The second kappa shape index (κ2) is 7.11. The number of carbonyl (C=O) groups excluding carboxylic acids is 1. The molecule has 1 amide bonds. The van der Waals surface area contributed by atoms with Gasteiger partial charge in [0.15, 0.2) is 17.3 Å². The van der Waals surface area contributed by atoms with Crippen molar-refractivity contribution in [2.75, 3.05) is 5.32 Å². The summed E-state index contributed by atoms with van der Waals surface area (Å²) in [4.78, 5) is 12.4. The number of benzene rings is 1. The molecule has 26 heavy (non-hydrogen) atoms. The summed E-state index contributed by atoms with van der Waals surface area (Å²) in [5.74, 6) is 1.55. The Morgan fingerprint density at radius 2 is 1.85 bits per heavy atom. The molecule has 1 aliphatic rings. The number of fused-ring (bicyclic) bond motifs is 1. The molecule has 1 saturated carbocycles. The maximum Gasteiger partial charge on any atom is 0.228 e. The van der Waals surface area contributed by atoms with Crippen LogP contribution in [0.3, 0.4) is 0 Å². The van der Waals surface area contributed by atoms with Gasteiger partial charge in [0.2, 0.25) is 5.91 Å². The van der Waals surface area contributed by atoms with Crippen molar-refractivity contribution in [3.63, 3.8) is 0 Å². The second-order valence-electron chi connectivity index (χ2n) is 6.77. The van der Waals surface area contributed by atoms with Gasteiger partial charge in [0, 0.05) is 12.3 Å². The molecule has 0 bridgehead atoms. The fraction of sp³-hybridized carbons (Fsp3) is 0.368. The number of aromatic nitrogens is 4. The molecule has 0 spiro atoms. The van der Waals surface area contributed by atoms with Gasteiger partial charge < -0.3 is 10.4 Å². The molecule has 134 valence electrons. The van der Waals surface area contributed by atoms with Gasteiger partial charge >= 0.3 is 0 Å². The Balaban J connectivity index is 1.54. The van der Waals surface area contributed by atoms with Gasteiger partial charge in [0.25, 0.3) is 0 Å². The van der Waals surface area contributed by atoms with Crippen LogP contribution in [-0.2, 0) is 11.2 Å². The van der Waals surface area contributed by atoms with Gasteiger partial charge in [0.1, 0.15) is 5.75 Å². The van der Waals surface area contributed by atoms with Gasteiger partial charge in [-0.25, -0.2) is 0 Å². The SMILES string of the molecule is O=C(Nc1ccc2nnc(Cc3ccc(O)cc3)n2n1)C1CCCCC1. The van der Waals surface area contributed by atoms with E-state index < -0.39 is 0 Å². The molecule has 0 saturated heterocycles. The van der Waals surface area contributed by atoms with Crippen LogP contribution in [0.15, 0.2) is 36.4 Å². The van der Waals surface area contributed by atoms with Gasteiger partial charge in [-0.15, -0.1) is 15.3 Å². The molecule has 2 N–H and O–H groups in total. The Bertz CT molecular complexity index is 913. The molecule has 2 heterocycles. The van der Waals surface area contributed by atoms with Crippen molar-refractivity contribution in [2.45, 2.75) is 38.5 Å². The van der Waals surface area contributed by atoms with E-state index in [9.17, 15) is 9.90 Å². The van der Waals surface area contributed by atoms with Crippen LogP contribution in [0.4, 0.5) is 5.82 Å². The zero-order chi connectivity index (χ0) is 17.9. The maximum absolute atomic E-state index is 12.4. The fourth-order valence-electron chi connectivity index (χ4n) is 3.40. The number of aromatic hydroxyl groups is 1. The van der Waals surface area contributed by atoms with E-state index in [1.807, 2.05) is 12.1 Å². The van der Waals surface area contributed by atoms with Crippen LogP contribution in [0.1, 0.15) is 43.5 Å². The average Bonchev–Trinajstić information content (AvgIpc) is 3.06. The molecule has 0 aliphatic heterocycles. The summed E-state index contributed by atoms with van der Waals surface area (Å²) in [6.45, 7) is 0.